The lowest BCUT2D eigenvalue weighted by Gasteiger charge is -2.17. The van der Waals surface area contributed by atoms with Gasteiger partial charge in [0.15, 0.2) is 11.5 Å². The molecule has 0 saturated heterocycles. The Morgan fingerprint density at radius 1 is 1.33 bits per heavy atom. The highest BCUT2D eigenvalue weighted by atomic mass is 16.7. The van der Waals surface area contributed by atoms with Crippen LogP contribution in [0.4, 0.5) is 0 Å². The normalized spacial score (nSPS) is 16.6. The average Bonchev–Trinajstić information content (AvgIpc) is 2.83. The number of rotatable bonds is 6. The molecule has 2 atom stereocenters. The average molecular weight is 251 g/mol. The Morgan fingerprint density at radius 3 is 2.89 bits per heavy atom. The van der Waals surface area contributed by atoms with Gasteiger partial charge in [0.05, 0.1) is 6.10 Å². The minimum atomic E-state index is -0.515. The summed E-state index contributed by atoms with van der Waals surface area (Å²) in [5.41, 5.74) is 0.857. The molecule has 1 aliphatic rings. The van der Waals surface area contributed by atoms with Crippen molar-refractivity contribution in [3.8, 4) is 11.5 Å². The number of benzene rings is 1. The fourth-order valence-electron chi connectivity index (χ4n) is 2.09. The Morgan fingerprint density at radius 2 is 2.11 bits per heavy atom. The highest BCUT2D eigenvalue weighted by Gasteiger charge is 2.16. The summed E-state index contributed by atoms with van der Waals surface area (Å²) in [5.74, 6) is 1.46. The number of ether oxygens (including phenoxy) is 2. The molecule has 100 valence electrons. The van der Waals surface area contributed by atoms with Gasteiger partial charge < -0.3 is 19.9 Å². The van der Waals surface area contributed by atoms with Crippen LogP contribution >= 0.6 is 0 Å². The van der Waals surface area contributed by atoms with E-state index >= 15 is 0 Å². The Hall–Kier alpha value is -1.26. The lowest BCUT2D eigenvalue weighted by molar-refractivity contribution is 0.167. The number of hydrogen-bond donors (Lipinski definition) is 2. The topological polar surface area (TPSA) is 50.7 Å². The van der Waals surface area contributed by atoms with Gasteiger partial charge >= 0.3 is 0 Å². The third-order valence-electron chi connectivity index (χ3n) is 3.16. The molecular weight excluding hydrogens is 230 g/mol. The van der Waals surface area contributed by atoms with E-state index in [0.717, 1.165) is 24.2 Å². The van der Waals surface area contributed by atoms with Gasteiger partial charge in [0.25, 0.3) is 0 Å². The Kier molecular flexibility index (Phi) is 4.44. The molecule has 2 rings (SSSR count). The smallest absolute Gasteiger partial charge is 0.231 e. The van der Waals surface area contributed by atoms with Crippen molar-refractivity contribution in [2.24, 2.45) is 0 Å². The van der Waals surface area contributed by atoms with Crippen molar-refractivity contribution in [1.29, 1.82) is 0 Å². The van der Waals surface area contributed by atoms with E-state index in [9.17, 15) is 5.11 Å². The minimum absolute atomic E-state index is 0.265. The highest BCUT2D eigenvalue weighted by molar-refractivity contribution is 5.45. The Bertz CT molecular complexity index is 395. The van der Waals surface area contributed by atoms with Crippen molar-refractivity contribution in [3.63, 3.8) is 0 Å². The van der Waals surface area contributed by atoms with E-state index in [1.54, 1.807) is 0 Å². The molecule has 0 amide bonds. The zero-order chi connectivity index (χ0) is 13.0. The van der Waals surface area contributed by atoms with Gasteiger partial charge in [0.2, 0.25) is 6.79 Å². The molecule has 1 aromatic carbocycles. The second kappa shape index (κ2) is 6.07. The van der Waals surface area contributed by atoms with Crippen LogP contribution in [0.3, 0.4) is 0 Å². The molecule has 0 fully saturated rings. The molecule has 0 saturated carbocycles. The highest BCUT2D eigenvalue weighted by Crippen LogP contribution is 2.34. The molecule has 1 aliphatic heterocycles. The maximum atomic E-state index is 10.1. The third kappa shape index (κ3) is 3.15. The van der Waals surface area contributed by atoms with E-state index in [1.165, 1.54) is 0 Å². The predicted molar refractivity (Wildman–Crippen MR) is 69.9 cm³/mol. The Balaban J connectivity index is 1.90. The SMILES string of the molecule is CCCC(C)NCC(O)c1ccc2c(c1)OCO2. The summed E-state index contributed by atoms with van der Waals surface area (Å²) in [5, 5.41) is 13.4. The number of aliphatic hydroxyl groups is 1. The summed E-state index contributed by atoms with van der Waals surface area (Å²) in [6.45, 7) is 5.11. The van der Waals surface area contributed by atoms with Crippen molar-refractivity contribution < 1.29 is 14.6 Å². The molecule has 4 nitrogen and oxygen atoms in total. The predicted octanol–water partition coefficient (Wildman–Crippen LogP) is 2.23. The van der Waals surface area contributed by atoms with Crippen LogP contribution in [0, 0.1) is 0 Å². The number of nitrogens with one attached hydrogen (secondary N) is 1. The van der Waals surface area contributed by atoms with Crippen LogP contribution in [0.15, 0.2) is 18.2 Å². The van der Waals surface area contributed by atoms with Crippen LogP contribution in [0.25, 0.3) is 0 Å². The van der Waals surface area contributed by atoms with E-state index in [2.05, 4.69) is 19.2 Å². The maximum absolute atomic E-state index is 10.1. The van der Waals surface area contributed by atoms with E-state index in [1.807, 2.05) is 18.2 Å². The molecule has 1 heterocycles. The summed E-state index contributed by atoms with van der Waals surface area (Å²) in [6.07, 6.45) is 1.75. The molecule has 0 aliphatic carbocycles. The van der Waals surface area contributed by atoms with Gasteiger partial charge in [-0.15, -0.1) is 0 Å². The van der Waals surface area contributed by atoms with Gasteiger partial charge in [-0.25, -0.2) is 0 Å². The van der Waals surface area contributed by atoms with E-state index < -0.39 is 6.10 Å². The van der Waals surface area contributed by atoms with Crippen LogP contribution in [0.5, 0.6) is 11.5 Å². The van der Waals surface area contributed by atoms with Gasteiger partial charge in [0.1, 0.15) is 0 Å². The summed E-state index contributed by atoms with van der Waals surface area (Å²) in [6, 6.07) is 6.00. The molecule has 0 spiro atoms. The molecule has 0 bridgehead atoms. The van der Waals surface area contributed by atoms with Crippen molar-refractivity contribution in [2.45, 2.75) is 38.8 Å². The Labute approximate surface area is 108 Å². The van der Waals surface area contributed by atoms with Crippen LogP contribution in [-0.2, 0) is 0 Å². The van der Waals surface area contributed by atoms with Gasteiger partial charge in [-0.05, 0) is 31.0 Å². The third-order valence-corrected chi connectivity index (χ3v) is 3.16. The molecule has 1 aromatic rings. The fourth-order valence-corrected chi connectivity index (χ4v) is 2.09. The molecule has 0 aromatic heterocycles. The molecule has 2 unspecified atom stereocenters. The quantitative estimate of drug-likeness (QED) is 0.814. The van der Waals surface area contributed by atoms with Crippen molar-refractivity contribution in [3.05, 3.63) is 23.8 Å². The van der Waals surface area contributed by atoms with Gasteiger partial charge in [0, 0.05) is 12.6 Å². The lowest BCUT2D eigenvalue weighted by Crippen LogP contribution is -2.30. The first-order valence-corrected chi connectivity index (χ1v) is 6.51. The van der Waals surface area contributed by atoms with Crippen molar-refractivity contribution >= 4 is 0 Å². The van der Waals surface area contributed by atoms with Gasteiger partial charge in [-0.1, -0.05) is 19.4 Å². The number of aliphatic hydroxyl groups excluding tert-OH is 1. The largest absolute Gasteiger partial charge is 0.454 e. The minimum Gasteiger partial charge on any atom is -0.454 e. The molecule has 4 heteroatoms. The zero-order valence-electron chi connectivity index (χ0n) is 11.0. The monoisotopic (exact) mass is 251 g/mol. The fraction of sp³-hybridized carbons (Fsp3) is 0.571. The first-order valence-electron chi connectivity index (χ1n) is 6.51. The number of hydrogen-bond acceptors (Lipinski definition) is 4. The molecule has 18 heavy (non-hydrogen) atoms. The van der Waals surface area contributed by atoms with Crippen molar-refractivity contribution in [2.75, 3.05) is 13.3 Å². The first kappa shape index (κ1) is 13.2. The van der Waals surface area contributed by atoms with E-state index in [0.29, 0.717) is 18.3 Å². The molecular formula is C14H21NO3. The summed E-state index contributed by atoms with van der Waals surface area (Å²) < 4.78 is 10.5. The van der Waals surface area contributed by atoms with Gasteiger partial charge in [-0.2, -0.15) is 0 Å². The van der Waals surface area contributed by atoms with Crippen LogP contribution in [0.2, 0.25) is 0 Å². The van der Waals surface area contributed by atoms with Crippen molar-refractivity contribution in [1.82, 2.24) is 5.32 Å². The summed E-state index contributed by atoms with van der Waals surface area (Å²) >= 11 is 0. The molecule has 0 radical (unpaired) electrons. The maximum Gasteiger partial charge on any atom is 0.231 e. The lowest BCUT2D eigenvalue weighted by atomic mass is 10.1. The summed E-state index contributed by atoms with van der Waals surface area (Å²) in [4.78, 5) is 0. The van der Waals surface area contributed by atoms with E-state index in [-0.39, 0.29) is 6.79 Å². The van der Waals surface area contributed by atoms with Crippen LogP contribution in [0.1, 0.15) is 38.4 Å². The van der Waals surface area contributed by atoms with Crippen LogP contribution < -0.4 is 14.8 Å². The van der Waals surface area contributed by atoms with Gasteiger partial charge in [-0.3, -0.25) is 0 Å². The second-order valence-corrected chi connectivity index (χ2v) is 4.73. The second-order valence-electron chi connectivity index (χ2n) is 4.73. The number of fused-ring (bicyclic) bond motifs is 1. The first-order chi connectivity index (χ1) is 8.70. The van der Waals surface area contributed by atoms with E-state index in [4.69, 9.17) is 9.47 Å². The summed E-state index contributed by atoms with van der Waals surface area (Å²) in [7, 11) is 0. The zero-order valence-corrected chi connectivity index (χ0v) is 11.0. The van der Waals surface area contributed by atoms with Crippen LogP contribution in [-0.4, -0.2) is 24.5 Å². The standard InChI is InChI=1S/C14H21NO3/c1-3-4-10(2)15-8-12(16)11-5-6-13-14(7-11)18-9-17-13/h5-7,10,12,15-16H,3-4,8-9H2,1-2H3. The molecule has 2 N–H and O–H groups in total.